The highest BCUT2D eigenvalue weighted by Gasteiger charge is 2.35. The zero-order chi connectivity index (χ0) is 15.7. The van der Waals surface area contributed by atoms with Crippen LogP contribution in [0.2, 0.25) is 0 Å². The number of carbonyl (C=O) groups is 1. The van der Waals surface area contributed by atoms with Gasteiger partial charge in [0.1, 0.15) is 5.82 Å². The van der Waals surface area contributed by atoms with Gasteiger partial charge in [-0.15, -0.1) is 0 Å². The molecule has 0 unspecified atom stereocenters. The number of aliphatic hydroxyl groups excluding tert-OH is 1. The van der Waals surface area contributed by atoms with Crippen molar-refractivity contribution in [2.24, 2.45) is 0 Å². The van der Waals surface area contributed by atoms with Crippen molar-refractivity contribution in [1.29, 1.82) is 0 Å². The number of nitrogens with zero attached hydrogens (tertiary/aromatic N) is 1. The summed E-state index contributed by atoms with van der Waals surface area (Å²) >= 11 is 0. The quantitative estimate of drug-likeness (QED) is 0.945. The number of rotatable bonds is 3. The van der Waals surface area contributed by atoms with Crippen molar-refractivity contribution in [3.63, 3.8) is 0 Å². The van der Waals surface area contributed by atoms with Gasteiger partial charge in [0.15, 0.2) is 0 Å². The van der Waals surface area contributed by atoms with Crippen LogP contribution in [-0.2, 0) is 4.74 Å². The van der Waals surface area contributed by atoms with Gasteiger partial charge in [0, 0.05) is 24.6 Å². The molecule has 1 N–H and O–H groups in total. The maximum Gasteiger partial charge on any atom is 0.254 e. The van der Waals surface area contributed by atoms with Gasteiger partial charge in [-0.25, -0.2) is 4.39 Å². The van der Waals surface area contributed by atoms with Crippen molar-refractivity contribution < 1.29 is 19.0 Å². The van der Waals surface area contributed by atoms with E-state index in [0.29, 0.717) is 29.3 Å². The number of halogens is 1. The molecule has 1 saturated heterocycles. The Hall–Kier alpha value is -1.98. The molecule has 0 bridgehead atoms. The number of methoxy groups -OCH3 is 1. The minimum atomic E-state index is -0.345. The summed E-state index contributed by atoms with van der Waals surface area (Å²) in [6, 6.07) is 9.48. The van der Waals surface area contributed by atoms with Crippen LogP contribution >= 0.6 is 0 Å². The first-order valence-electron chi connectivity index (χ1n) is 7.27. The molecule has 116 valence electrons. The second-order valence-corrected chi connectivity index (χ2v) is 5.53. The highest BCUT2D eigenvalue weighted by Crippen LogP contribution is 2.27. The highest BCUT2D eigenvalue weighted by atomic mass is 19.1. The Bertz CT molecular complexity index is 703. The Morgan fingerprint density at radius 1 is 1.32 bits per heavy atom. The SMILES string of the molecule is CO[C@H]1C[C@@H](CO)N(C(=O)c2ccc(F)c3ccccc23)C1. The average molecular weight is 303 g/mol. The predicted molar refractivity (Wildman–Crippen MR) is 81.2 cm³/mol. The van der Waals surface area contributed by atoms with Crippen molar-refractivity contribution in [2.75, 3.05) is 20.3 Å². The van der Waals surface area contributed by atoms with Gasteiger partial charge in [-0.3, -0.25) is 4.79 Å². The zero-order valence-electron chi connectivity index (χ0n) is 12.3. The van der Waals surface area contributed by atoms with Gasteiger partial charge in [0.25, 0.3) is 5.91 Å². The number of benzene rings is 2. The smallest absolute Gasteiger partial charge is 0.254 e. The number of hydrogen-bond donors (Lipinski definition) is 1. The molecule has 0 saturated carbocycles. The molecule has 2 aromatic rings. The van der Waals surface area contributed by atoms with Crippen LogP contribution in [0.5, 0.6) is 0 Å². The Morgan fingerprint density at radius 2 is 2.05 bits per heavy atom. The Morgan fingerprint density at radius 3 is 2.73 bits per heavy atom. The summed E-state index contributed by atoms with van der Waals surface area (Å²) in [6.07, 6.45) is 0.533. The normalized spacial score (nSPS) is 21.5. The van der Waals surface area contributed by atoms with Crippen LogP contribution in [0, 0.1) is 5.82 Å². The van der Waals surface area contributed by atoms with Crippen LogP contribution < -0.4 is 0 Å². The Balaban J connectivity index is 2.01. The van der Waals surface area contributed by atoms with Gasteiger partial charge in [0.05, 0.1) is 18.8 Å². The third-order valence-corrected chi connectivity index (χ3v) is 4.28. The zero-order valence-corrected chi connectivity index (χ0v) is 12.3. The summed E-state index contributed by atoms with van der Waals surface area (Å²) in [4.78, 5) is 14.5. The average Bonchev–Trinajstić information content (AvgIpc) is 2.98. The number of amides is 1. The first kappa shape index (κ1) is 14.9. The minimum Gasteiger partial charge on any atom is -0.394 e. The fourth-order valence-electron chi connectivity index (χ4n) is 3.07. The molecule has 0 radical (unpaired) electrons. The largest absolute Gasteiger partial charge is 0.394 e. The number of carbonyl (C=O) groups excluding carboxylic acids is 1. The lowest BCUT2D eigenvalue weighted by molar-refractivity contribution is 0.0650. The minimum absolute atomic E-state index is 0.0761. The van der Waals surface area contributed by atoms with Gasteiger partial charge >= 0.3 is 0 Å². The van der Waals surface area contributed by atoms with E-state index in [4.69, 9.17) is 4.74 Å². The van der Waals surface area contributed by atoms with Crippen molar-refractivity contribution in [1.82, 2.24) is 4.90 Å². The summed E-state index contributed by atoms with van der Waals surface area (Å²) in [5, 5.41) is 10.5. The summed E-state index contributed by atoms with van der Waals surface area (Å²) in [6.45, 7) is 0.330. The van der Waals surface area contributed by atoms with Gasteiger partial charge in [-0.2, -0.15) is 0 Å². The van der Waals surface area contributed by atoms with Crippen LogP contribution in [0.3, 0.4) is 0 Å². The van der Waals surface area contributed by atoms with Gasteiger partial charge in [-0.05, 0) is 23.9 Å². The first-order chi connectivity index (χ1) is 10.7. The fourth-order valence-corrected chi connectivity index (χ4v) is 3.07. The summed E-state index contributed by atoms with van der Waals surface area (Å²) in [5.41, 5.74) is 0.451. The van der Waals surface area contributed by atoms with E-state index in [0.717, 1.165) is 0 Å². The molecule has 0 aliphatic carbocycles. The third kappa shape index (κ3) is 2.46. The van der Waals surface area contributed by atoms with Gasteiger partial charge in [0.2, 0.25) is 0 Å². The molecule has 1 heterocycles. The van der Waals surface area contributed by atoms with Gasteiger partial charge in [-0.1, -0.05) is 24.3 Å². The highest BCUT2D eigenvalue weighted by molar-refractivity contribution is 6.07. The van der Waals surface area contributed by atoms with Crippen molar-refractivity contribution >= 4 is 16.7 Å². The molecule has 1 aliphatic rings. The molecule has 0 spiro atoms. The maximum absolute atomic E-state index is 13.9. The number of hydrogen-bond acceptors (Lipinski definition) is 3. The number of ether oxygens (including phenoxy) is 1. The predicted octanol–water partition coefficient (Wildman–Crippen LogP) is 2.20. The van der Waals surface area contributed by atoms with E-state index in [1.165, 1.54) is 12.1 Å². The summed E-state index contributed by atoms with van der Waals surface area (Å²) < 4.78 is 19.2. The lowest BCUT2D eigenvalue weighted by Crippen LogP contribution is -2.38. The fraction of sp³-hybridized carbons (Fsp3) is 0.353. The van der Waals surface area contributed by atoms with Crippen LogP contribution in [0.15, 0.2) is 36.4 Å². The number of aliphatic hydroxyl groups is 1. The molecular formula is C17H18FNO3. The van der Waals surface area contributed by atoms with Crippen molar-refractivity contribution in [2.45, 2.75) is 18.6 Å². The molecule has 1 amide bonds. The molecule has 2 aromatic carbocycles. The molecular weight excluding hydrogens is 285 g/mol. The maximum atomic E-state index is 13.9. The standard InChI is InChI=1S/C17H18FNO3/c1-22-12-8-11(10-20)19(9-12)17(21)15-6-7-16(18)14-5-3-2-4-13(14)15/h2-7,11-12,20H,8-10H2,1H3/t11-,12-/m0/s1. The molecule has 4 nitrogen and oxygen atoms in total. The second-order valence-electron chi connectivity index (χ2n) is 5.53. The van der Waals surface area contributed by atoms with Gasteiger partial charge < -0.3 is 14.7 Å². The Kier molecular flexibility index (Phi) is 4.09. The molecule has 3 rings (SSSR count). The van der Waals surface area contributed by atoms with Crippen molar-refractivity contribution in [3.05, 3.63) is 47.8 Å². The first-order valence-corrected chi connectivity index (χ1v) is 7.27. The van der Waals surface area contributed by atoms with E-state index in [-0.39, 0.29) is 30.5 Å². The lowest BCUT2D eigenvalue weighted by atomic mass is 10.0. The second kappa shape index (κ2) is 6.02. The molecule has 22 heavy (non-hydrogen) atoms. The molecule has 1 aliphatic heterocycles. The monoisotopic (exact) mass is 303 g/mol. The van der Waals surface area contributed by atoms with Crippen LogP contribution in [0.4, 0.5) is 4.39 Å². The van der Waals surface area contributed by atoms with E-state index < -0.39 is 0 Å². The molecule has 2 atom stereocenters. The van der Waals surface area contributed by atoms with Crippen LogP contribution in [0.1, 0.15) is 16.8 Å². The van der Waals surface area contributed by atoms with Crippen LogP contribution in [0.25, 0.3) is 10.8 Å². The van der Waals surface area contributed by atoms with E-state index in [1.54, 1.807) is 36.3 Å². The molecule has 5 heteroatoms. The third-order valence-electron chi connectivity index (χ3n) is 4.28. The summed E-state index contributed by atoms with van der Waals surface area (Å²) in [7, 11) is 1.60. The molecule has 0 aromatic heterocycles. The Labute approximate surface area is 128 Å². The van der Waals surface area contributed by atoms with Crippen molar-refractivity contribution in [3.8, 4) is 0 Å². The van der Waals surface area contributed by atoms with E-state index in [9.17, 15) is 14.3 Å². The topological polar surface area (TPSA) is 49.8 Å². The van der Waals surface area contributed by atoms with Crippen LogP contribution in [-0.4, -0.2) is 48.3 Å². The van der Waals surface area contributed by atoms with E-state index >= 15 is 0 Å². The number of likely N-dealkylation sites (tertiary alicyclic amines) is 1. The van der Waals surface area contributed by atoms with E-state index in [2.05, 4.69) is 0 Å². The van der Waals surface area contributed by atoms with E-state index in [1.807, 2.05) is 0 Å². The lowest BCUT2D eigenvalue weighted by Gasteiger charge is -2.23. The number of fused-ring (bicyclic) bond motifs is 1. The summed E-state index contributed by atoms with van der Waals surface area (Å²) in [5.74, 6) is -0.545. The molecule has 1 fully saturated rings.